The Morgan fingerprint density at radius 2 is 1.74 bits per heavy atom. The van der Waals surface area contributed by atoms with Crippen LogP contribution < -0.4 is 11.1 Å². The molecule has 8 heteroatoms. The van der Waals surface area contributed by atoms with E-state index in [1.807, 2.05) is 47.0 Å². The van der Waals surface area contributed by atoms with Gasteiger partial charge in [-0.25, -0.2) is 9.97 Å². The van der Waals surface area contributed by atoms with Crippen molar-refractivity contribution in [1.82, 2.24) is 18.9 Å². The number of rotatable bonds is 7. The molecule has 0 fully saturated rings. The maximum absolute atomic E-state index is 13.6. The Balaban J connectivity index is 1.55. The number of aromatic nitrogens is 4. The Morgan fingerprint density at radius 1 is 0.971 bits per heavy atom. The van der Waals surface area contributed by atoms with Crippen LogP contribution in [0.4, 0.5) is 0 Å². The van der Waals surface area contributed by atoms with Crippen LogP contribution in [0, 0.1) is 0 Å². The maximum atomic E-state index is 13.6. The molecule has 0 saturated carbocycles. The average Bonchev–Trinajstić information content (AvgIpc) is 2.87. The fraction of sp³-hybridized carbons (Fsp3) is 0.185. The minimum absolute atomic E-state index is 0.0536. The minimum atomic E-state index is -0.201. The number of halogens is 1. The zero-order valence-corrected chi connectivity index (χ0v) is 20.7. The lowest BCUT2D eigenvalue weighted by Crippen LogP contribution is -2.28. The summed E-state index contributed by atoms with van der Waals surface area (Å²) in [6.45, 7) is 2.08. The van der Waals surface area contributed by atoms with Gasteiger partial charge in [0, 0.05) is 24.1 Å². The van der Waals surface area contributed by atoms with Gasteiger partial charge in [-0.3, -0.25) is 18.6 Å². The number of para-hydroxylation sites is 1. The van der Waals surface area contributed by atoms with E-state index in [0.29, 0.717) is 38.2 Å². The van der Waals surface area contributed by atoms with Crippen molar-refractivity contribution >= 4 is 39.9 Å². The van der Waals surface area contributed by atoms with Crippen molar-refractivity contribution in [2.45, 2.75) is 36.7 Å². The molecule has 0 spiro atoms. The summed E-state index contributed by atoms with van der Waals surface area (Å²) in [6.07, 6.45) is 3.06. The van der Waals surface area contributed by atoms with Gasteiger partial charge in [-0.15, -0.1) is 0 Å². The molecule has 0 aliphatic heterocycles. The van der Waals surface area contributed by atoms with Gasteiger partial charge < -0.3 is 0 Å². The predicted molar refractivity (Wildman–Crippen MR) is 142 cm³/mol. The van der Waals surface area contributed by atoms with Gasteiger partial charge in [0.05, 0.1) is 21.6 Å². The van der Waals surface area contributed by atoms with Crippen molar-refractivity contribution in [2.24, 2.45) is 0 Å². The SMILES string of the molecule is CC[C@H](Cc1ccccc1)n1c(SCc2cc(=O)n3cc(Cl)ccc3n2)nc2ccccc2c1=O. The molecule has 0 aliphatic rings. The summed E-state index contributed by atoms with van der Waals surface area (Å²) in [5.41, 5.74) is 2.71. The smallest absolute Gasteiger partial charge is 0.262 e. The van der Waals surface area contributed by atoms with Crippen LogP contribution in [-0.4, -0.2) is 18.9 Å². The maximum Gasteiger partial charge on any atom is 0.262 e. The Hall–Kier alpha value is -3.42. The van der Waals surface area contributed by atoms with Crippen LogP contribution in [0.15, 0.2) is 93.7 Å². The van der Waals surface area contributed by atoms with Crippen LogP contribution in [0.1, 0.15) is 30.6 Å². The van der Waals surface area contributed by atoms with Crippen LogP contribution in [0.3, 0.4) is 0 Å². The lowest BCUT2D eigenvalue weighted by Gasteiger charge is -2.22. The second-order valence-electron chi connectivity index (χ2n) is 8.29. The molecule has 0 amide bonds. The Bertz CT molecular complexity index is 1630. The van der Waals surface area contributed by atoms with Gasteiger partial charge in [0.25, 0.3) is 11.1 Å². The van der Waals surface area contributed by atoms with Crippen molar-refractivity contribution in [2.75, 3.05) is 0 Å². The van der Waals surface area contributed by atoms with E-state index in [1.165, 1.54) is 27.8 Å². The quantitative estimate of drug-likeness (QED) is 0.216. The molecular weight excluding hydrogens is 480 g/mol. The first-order valence-corrected chi connectivity index (χ1v) is 12.8. The first-order chi connectivity index (χ1) is 17.0. The fourth-order valence-corrected chi connectivity index (χ4v) is 5.31. The normalized spacial score (nSPS) is 12.3. The van der Waals surface area contributed by atoms with E-state index in [4.69, 9.17) is 16.6 Å². The van der Waals surface area contributed by atoms with Crippen LogP contribution in [0.5, 0.6) is 0 Å². The van der Waals surface area contributed by atoms with Crippen molar-refractivity contribution in [3.8, 4) is 0 Å². The number of hydrogen-bond acceptors (Lipinski definition) is 5. The molecular formula is C27H23ClN4O2S. The first kappa shape index (κ1) is 23.3. The third-order valence-electron chi connectivity index (χ3n) is 5.95. The Kier molecular flexibility index (Phi) is 6.70. The number of fused-ring (bicyclic) bond motifs is 2. The second-order valence-corrected chi connectivity index (χ2v) is 9.67. The van der Waals surface area contributed by atoms with Gasteiger partial charge in [-0.1, -0.05) is 72.8 Å². The molecule has 0 radical (unpaired) electrons. The van der Waals surface area contributed by atoms with E-state index in [-0.39, 0.29) is 17.2 Å². The molecule has 0 N–H and O–H groups in total. The Morgan fingerprint density at radius 3 is 2.54 bits per heavy atom. The number of pyridine rings is 1. The number of nitrogens with zero attached hydrogens (tertiary/aromatic N) is 4. The zero-order valence-electron chi connectivity index (χ0n) is 19.1. The van der Waals surface area contributed by atoms with Crippen LogP contribution in [-0.2, 0) is 12.2 Å². The van der Waals surface area contributed by atoms with E-state index < -0.39 is 0 Å². The van der Waals surface area contributed by atoms with Gasteiger partial charge in [-0.2, -0.15) is 0 Å². The third kappa shape index (κ3) is 4.88. The van der Waals surface area contributed by atoms with E-state index >= 15 is 0 Å². The summed E-state index contributed by atoms with van der Waals surface area (Å²) in [5, 5.41) is 1.69. The fourth-order valence-electron chi connectivity index (χ4n) is 4.19. The van der Waals surface area contributed by atoms with Gasteiger partial charge in [0.15, 0.2) is 5.16 Å². The lowest BCUT2D eigenvalue weighted by atomic mass is 10.0. The van der Waals surface area contributed by atoms with E-state index in [9.17, 15) is 9.59 Å². The molecule has 0 aliphatic carbocycles. The van der Waals surface area contributed by atoms with Crippen LogP contribution in [0.2, 0.25) is 5.02 Å². The highest BCUT2D eigenvalue weighted by Crippen LogP contribution is 2.27. The summed E-state index contributed by atoms with van der Waals surface area (Å²) in [7, 11) is 0. The summed E-state index contributed by atoms with van der Waals surface area (Å²) in [6, 6.07) is 22.5. The molecule has 3 aromatic heterocycles. The topological polar surface area (TPSA) is 69.3 Å². The monoisotopic (exact) mass is 502 g/mol. The Labute approximate surface area is 211 Å². The highest BCUT2D eigenvalue weighted by molar-refractivity contribution is 7.98. The zero-order chi connectivity index (χ0) is 24.4. The van der Waals surface area contributed by atoms with E-state index in [1.54, 1.807) is 18.3 Å². The predicted octanol–water partition coefficient (Wildman–Crippen LogP) is 5.54. The molecule has 3 heterocycles. The highest BCUT2D eigenvalue weighted by atomic mass is 35.5. The van der Waals surface area contributed by atoms with Crippen molar-refractivity contribution in [3.05, 3.63) is 116 Å². The molecule has 5 aromatic rings. The van der Waals surface area contributed by atoms with Gasteiger partial charge in [0.2, 0.25) is 0 Å². The highest BCUT2D eigenvalue weighted by Gasteiger charge is 2.19. The van der Waals surface area contributed by atoms with Crippen molar-refractivity contribution in [1.29, 1.82) is 0 Å². The lowest BCUT2D eigenvalue weighted by molar-refractivity contribution is 0.430. The molecule has 1 atom stereocenters. The number of hydrogen-bond donors (Lipinski definition) is 0. The van der Waals surface area contributed by atoms with Crippen molar-refractivity contribution < 1.29 is 0 Å². The van der Waals surface area contributed by atoms with Gasteiger partial charge >= 0.3 is 0 Å². The molecule has 176 valence electrons. The second kappa shape index (κ2) is 10.1. The number of thioether (sulfide) groups is 1. The van der Waals surface area contributed by atoms with E-state index in [0.717, 1.165) is 12.8 Å². The van der Waals surface area contributed by atoms with Crippen molar-refractivity contribution in [3.63, 3.8) is 0 Å². The first-order valence-electron chi connectivity index (χ1n) is 11.4. The molecule has 6 nitrogen and oxygen atoms in total. The standard InChI is InChI=1S/C27H23ClN4O2S/c1-2-21(14-18-8-4-3-5-9-18)32-26(34)22-10-6-7-11-23(22)30-27(32)35-17-20-15-25(33)31-16-19(28)12-13-24(31)29-20/h3-13,15-16,21H,2,14,17H2,1H3/t21-/m1/s1. The molecule has 5 rings (SSSR count). The van der Waals surface area contributed by atoms with Crippen LogP contribution >= 0.6 is 23.4 Å². The molecule has 0 saturated heterocycles. The molecule has 2 aromatic carbocycles. The molecule has 0 bridgehead atoms. The minimum Gasteiger partial charge on any atom is -0.284 e. The summed E-state index contributed by atoms with van der Waals surface area (Å²) < 4.78 is 3.24. The summed E-state index contributed by atoms with van der Waals surface area (Å²) in [5.74, 6) is 0.404. The number of benzene rings is 2. The van der Waals surface area contributed by atoms with E-state index in [2.05, 4.69) is 24.0 Å². The molecule has 0 unspecified atom stereocenters. The average molecular weight is 503 g/mol. The molecule has 35 heavy (non-hydrogen) atoms. The van der Waals surface area contributed by atoms with Crippen LogP contribution in [0.25, 0.3) is 16.6 Å². The largest absolute Gasteiger partial charge is 0.284 e. The third-order valence-corrected chi connectivity index (χ3v) is 7.16. The van der Waals surface area contributed by atoms with Gasteiger partial charge in [0.1, 0.15) is 5.65 Å². The summed E-state index contributed by atoms with van der Waals surface area (Å²) in [4.78, 5) is 35.7. The van der Waals surface area contributed by atoms with Gasteiger partial charge in [-0.05, 0) is 42.7 Å². The summed E-state index contributed by atoms with van der Waals surface area (Å²) >= 11 is 7.44.